The molecule has 4 atom stereocenters. The van der Waals surface area contributed by atoms with Gasteiger partial charge in [-0.25, -0.2) is 4.79 Å². The molecule has 10 nitrogen and oxygen atoms in total. The molecule has 1 unspecified atom stereocenters. The molecule has 0 saturated carbocycles. The molecule has 0 spiro atoms. The van der Waals surface area contributed by atoms with Crippen LogP contribution in [0.1, 0.15) is 58.1 Å². The Labute approximate surface area is 278 Å². The van der Waals surface area contributed by atoms with Crippen LogP contribution in [0.2, 0.25) is 0 Å². The molecule has 0 bridgehead atoms. The minimum atomic E-state index is -1.50. The largest absolute Gasteiger partial charge is 0.497 e. The quantitative estimate of drug-likeness (QED) is 0.0829. The van der Waals surface area contributed by atoms with Gasteiger partial charge in [-0.05, 0) is 53.8 Å². The molecule has 0 amide bonds. The zero-order valence-corrected chi connectivity index (χ0v) is 28.9. The van der Waals surface area contributed by atoms with Crippen LogP contribution in [0.3, 0.4) is 0 Å². The van der Waals surface area contributed by atoms with Crippen molar-refractivity contribution in [2.75, 3.05) is 35.0 Å². The highest BCUT2D eigenvalue weighted by molar-refractivity contribution is 5.83. The number of methoxy groups -OCH3 is 4. The second-order valence-electron chi connectivity index (χ2n) is 12.0. The van der Waals surface area contributed by atoms with E-state index in [9.17, 15) is 9.59 Å². The van der Waals surface area contributed by atoms with Crippen molar-refractivity contribution in [3.8, 4) is 11.5 Å². The summed E-state index contributed by atoms with van der Waals surface area (Å²) in [4.78, 5) is 25.0. The van der Waals surface area contributed by atoms with Gasteiger partial charge >= 0.3 is 11.9 Å². The second kappa shape index (κ2) is 18.0. The number of esters is 2. The number of rotatable bonds is 17. The number of ether oxygens (including phenoxy) is 8. The van der Waals surface area contributed by atoms with Crippen LogP contribution < -0.4 is 9.47 Å². The molecule has 1 fully saturated rings. The van der Waals surface area contributed by atoms with Gasteiger partial charge in [0.05, 0.1) is 53.4 Å². The minimum absolute atomic E-state index is 0.161. The zero-order valence-electron chi connectivity index (χ0n) is 28.9. The van der Waals surface area contributed by atoms with Gasteiger partial charge in [-0.3, -0.25) is 4.79 Å². The van der Waals surface area contributed by atoms with Crippen molar-refractivity contribution < 1.29 is 47.5 Å². The van der Waals surface area contributed by atoms with Gasteiger partial charge < -0.3 is 37.9 Å². The Morgan fingerprint density at radius 3 is 2.06 bits per heavy atom. The molecule has 47 heavy (non-hydrogen) atoms. The van der Waals surface area contributed by atoms with Crippen molar-refractivity contribution in [2.45, 2.75) is 84.3 Å². The fraction of sp³-hybridized carbons (Fsp3) is 0.514. The number of hydrogen-bond donors (Lipinski definition) is 0. The fourth-order valence-electron chi connectivity index (χ4n) is 5.68. The molecule has 1 aliphatic heterocycles. The molecule has 0 aromatic heterocycles. The van der Waals surface area contributed by atoms with Crippen LogP contribution in [0.5, 0.6) is 11.5 Å². The Bertz CT molecular complexity index is 1330. The van der Waals surface area contributed by atoms with Crippen LogP contribution in [-0.2, 0) is 51.2 Å². The van der Waals surface area contributed by atoms with Crippen LogP contribution >= 0.6 is 0 Å². The van der Waals surface area contributed by atoms with Gasteiger partial charge in [0.1, 0.15) is 11.5 Å². The van der Waals surface area contributed by atoms with Crippen LogP contribution in [0, 0.1) is 5.41 Å². The van der Waals surface area contributed by atoms with Gasteiger partial charge in [-0.15, -0.1) is 0 Å². The smallest absolute Gasteiger partial charge is 0.330 e. The molecule has 258 valence electrons. The number of benzene rings is 2. The molecule has 0 N–H and O–H groups in total. The van der Waals surface area contributed by atoms with E-state index in [-0.39, 0.29) is 6.10 Å². The van der Waals surface area contributed by atoms with E-state index in [2.05, 4.69) is 6.92 Å². The summed E-state index contributed by atoms with van der Waals surface area (Å²) >= 11 is 0. The standard InChI is InChI=1S/C37H50O10/c1-9-30(45-25-28-13-17-32(41-6)18-14-28)23-33-21-29(22-34(39)42-7)35(46-26(2)38)37(43-8,47-33)36(3,4)19-10-20-44-24-27-11-15-31(40-5)16-12-27/h10-19,22,30,33,35H,9,20-21,23-25H2,1-8H3/b19-10+,29-22+/t30-,33?,35-,37+/m0/s1. The van der Waals surface area contributed by atoms with Crippen molar-refractivity contribution in [3.05, 3.63) is 83.5 Å². The van der Waals surface area contributed by atoms with Crippen LogP contribution in [-0.4, -0.2) is 71.1 Å². The number of carbonyl (C=O) groups is 2. The van der Waals surface area contributed by atoms with Crippen LogP contribution in [0.25, 0.3) is 0 Å². The molecule has 3 rings (SSSR count). The maximum atomic E-state index is 12.6. The Hall–Kier alpha value is -3.70. The summed E-state index contributed by atoms with van der Waals surface area (Å²) in [6.45, 7) is 8.38. The number of carbonyl (C=O) groups excluding carboxylic acids is 2. The highest BCUT2D eigenvalue weighted by Crippen LogP contribution is 2.48. The summed E-state index contributed by atoms with van der Waals surface area (Å²) in [6, 6.07) is 15.4. The van der Waals surface area contributed by atoms with Gasteiger partial charge in [-0.1, -0.05) is 57.2 Å². The van der Waals surface area contributed by atoms with E-state index >= 15 is 0 Å². The third kappa shape index (κ3) is 10.4. The van der Waals surface area contributed by atoms with Gasteiger partial charge in [0.2, 0.25) is 5.79 Å². The second-order valence-corrected chi connectivity index (χ2v) is 12.0. The lowest BCUT2D eigenvalue weighted by molar-refractivity contribution is -0.338. The van der Waals surface area contributed by atoms with Gasteiger partial charge in [0.25, 0.3) is 0 Å². The molecule has 0 radical (unpaired) electrons. The van der Waals surface area contributed by atoms with E-state index in [1.807, 2.05) is 74.5 Å². The zero-order chi connectivity index (χ0) is 34.5. The first-order chi connectivity index (χ1) is 22.5. The Kier molecular flexibility index (Phi) is 14.5. The maximum absolute atomic E-state index is 12.6. The number of hydrogen-bond acceptors (Lipinski definition) is 10. The van der Waals surface area contributed by atoms with E-state index in [1.54, 1.807) is 14.2 Å². The predicted molar refractivity (Wildman–Crippen MR) is 177 cm³/mol. The third-order valence-corrected chi connectivity index (χ3v) is 8.28. The lowest BCUT2D eigenvalue weighted by atomic mass is 9.74. The van der Waals surface area contributed by atoms with Gasteiger partial charge in [0.15, 0.2) is 6.10 Å². The SMILES string of the molecule is CC[C@@H](CC1C/C(=C\C(=O)OC)[C@H](OC(C)=O)[C@](OC)(C(C)(C)/C=C/COCc2ccc(OC)cc2)O1)OCc1ccc(OC)cc1. The first kappa shape index (κ1) is 37.8. The Morgan fingerprint density at radius 1 is 0.957 bits per heavy atom. The molecular weight excluding hydrogens is 604 g/mol. The van der Waals surface area contributed by atoms with E-state index in [1.165, 1.54) is 27.2 Å². The third-order valence-electron chi connectivity index (χ3n) is 8.28. The predicted octanol–water partition coefficient (Wildman–Crippen LogP) is 6.35. The van der Waals surface area contributed by atoms with Gasteiger partial charge in [-0.2, -0.15) is 0 Å². The maximum Gasteiger partial charge on any atom is 0.330 e. The van der Waals surface area contributed by atoms with Crippen molar-refractivity contribution in [3.63, 3.8) is 0 Å². The fourth-order valence-corrected chi connectivity index (χ4v) is 5.68. The molecular formula is C37H50O10. The molecule has 1 heterocycles. The van der Waals surface area contributed by atoms with Crippen LogP contribution in [0.15, 0.2) is 72.3 Å². The summed E-state index contributed by atoms with van der Waals surface area (Å²) in [7, 11) is 6.08. The van der Waals surface area contributed by atoms with Crippen molar-refractivity contribution >= 4 is 11.9 Å². The van der Waals surface area contributed by atoms with E-state index in [0.717, 1.165) is 29.0 Å². The van der Waals surface area contributed by atoms with Crippen molar-refractivity contribution in [1.82, 2.24) is 0 Å². The minimum Gasteiger partial charge on any atom is -0.497 e. The van der Waals surface area contributed by atoms with Gasteiger partial charge in [0, 0.05) is 31.9 Å². The lowest BCUT2D eigenvalue weighted by Gasteiger charge is -2.53. The summed E-state index contributed by atoms with van der Waals surface area (Å²) in [6.07, 6.45) is 5.11. The Balaban J connectivity index is 1.85. The molecule has 10 heteroatoms. The van der Waals surface area contributed by atoms with E-state index < -0.39 is 35.3 Å². The van der Waals surface area contributed by atoms with Crippen molar-refractivity contribution in [2.24, 2.45) is 5.41 Å². The normalized spacial score (nSPS) is 21.4. The summed E-state index contributed by atoms with van der Waals surface area (Å²) in [5.41, 5.74) is 1.69. The summed E-state index contributed by atoms with van der Waals surface area (Å²) < 4.78 is 46.5. The first-order valence-electron chi connectivity index (χ1n) is 15.8. The van der Waals surface area contributed by atoms with E-state index in [4.69, 9.17) is 37.9 Å². The monoisotopic (exact) mass is 654 g/mol. The lowest BCUT2D eigenvalue weighted by Crippen LogP contribution is -2.63. The first-order valence-corrected chi connectivity index (χ1v) is 15.8. The Morgan fingerprint density at radius 2 is 1.55 bits per heavy atom. The molecule has 1 saturated heterocycles. The molecule has 1 aliphatic rings. The summed E-state index contributed by atoms with van der Waals surface area (Å²) in [5.74, 6) is -1.04. The highest BCUT2D eigenvalue weighted by atomic mass is 16.7. The van der Waals surface area contributed by atoms with E-state index in [0.29, 0.717) is 38.2 Å². The topological polar surface area (TPSA) is 108 Å². The molecule has 2 aromatic rings. The summed E-state index contributed by atoms with van der Waals surface area (Å²) in [5, 5.41) is 0. The average Bonchev–Trinajstić information content (AvgIpc) is 3.07. The molecule has 2 aromatic carbocycles. The molecule has 0 aliphatic carbocycles. The average molecular weight is 655 g/mol. The van der Waals surface area contributed by atoms with Crippen molar-refractivity contribution in [1.29, 1.82) is 0 Å². The van der Waals surface area contributed by atoms with Crippen LogP contribution in [0.4, 0.5) is 0 Å². The highest BCUT2D eigenvalue weighted by Gasteiger charge is 2.58.